The predicted octanol–water partition coefficient (Wildman–Crippen LogP) is 3.83. The molecule has 26 heavy (non-hydrogen) atoms. The van der Waals surface area contributed by atoms with Gasteiger partial charge in [0.25, 0.3) is 0 Å². The van der Waals surface area contributed by atoms with Crippen LogP contribution in [0.2, 0.25) is 0 Å². The first-order valence-corrected chi connectivity index (χ1v) is 7.89. The van der Waals surface area contributed by atoms with Gasteiger partial charge < -0.3 is 24.7 Å². The third-order valence-corrected chi connectivity index (χ3v) is 3.56. The van der Waals surface area contributed by atoms with E-state index in [1.165, 1.54) is 12.1 Å². The van der Waals surface area contributed by atoms with E-state index in [-0.39, 0.29) is 23.2 Å². The Morgan fingerprint density at radius 1 is 1.12 bits per heavy atom. The minimum atomic E-state index is -1.21. The van der Waals surface area contributed by atoms with Gasteiger partial charge >= 0.3 is 12.1 Å². The van der Waals surface area contributed by atoms with E-state index in [4.69, 9.17) is 14.9 Å². The van der Waals surface area contributed by atoms with Crippen LogP contribution in [-0.2, 0) is 4.74 Å². The van der Waals surface area contributed by atoms with Crippen molar-refractivity contribution in [2.45, 2.75) is 20.0 Å². The molecule has 0 spiro atoms. The average Bonchev–Trinajstić information content (AvgIpc) is 2.93. The smallest absolute Gasteiger partial charge is 0.412 e. The Morgan fingerprint density at radius 3 is 2.42 bits per heavy atom. The second kappa shape index (κ2) is 6.79. The topological polar surface area (TPSA) is 112 Å². The lowest BCUT2D eigenvalue weighted by Crippen LogP contribution is -2.18. The van der Waals surface area contributed by atoms with Crippen molar-refractivity contribution < 1.29 is 28.6 Å². The van der Waals surface area contributed by atoms with Gasteiger partial charge in [-0.05, 0) is 56.3 Å². The lowest BCUT2D eigenvalue weighted by molar-refractivity contribution is 0.0640. The molecular formula is C19H17NO6. The van der Waals surface area contributed by atoms with Crippen LogP contribution in [-0.4, -0.2) is 23.3 Å². The van der Waals surface area contributed by atoms with Gasteiger partial charge in [0.1, 0.15) is 28.4 Å². The monoisotopic (exact) mass is 355 g/mol. The van der Waals surface area contributed by atoms with Crippen LogP contribution in [0, 0.1) is 0 Å². The lowest BCUT2D eigenvalue weighted by Gasteiger charge is -2.09. The summed E-state index contributed by atoms with van der Waals surface area (Å²) in [5.41, 5.74) is 5.98. The zero-order chi connectivity index (χ0) is 18.8. The Bertz CT molecular complexity index is 972. The molecule has 1 aromatic heterocycles. The van der Waals surface area contributed by atoms with Crippen LogP contribution in [0.15, 0.2) is 46.9 Å². The molecule has 3 aromatic rings. The van der Waals surface area contributed by atoms with Gasteiger partial charge in [-0.1, -0.05) is 0 Å². The number of esters is 1. The number of nitrogens with two attached hydrogens (primary N) is 1. The maximum atomic E-state index is 12.5. The second-order valence-corrected chi connectivity index (χ2v) is 5.89. The largest absolute Gasteiger partial charge is 0.508 e. The third kappa shape index (κ3) is 3.46. The summed E-state index contributed by atoms with van der Waals surface area (Å²) in [6.07, 6.45) is -1.27. The summed E-state index contributed by atoms with van der Waals surface area (Å²) < 4.78 is 16.0. The van der Waals surface area contributed by atoms with E-state index in [9.17, 15) is 14.7 Å². The fourth-order valence-electron chi connectivity index (χ4n) is 2.58. The maximum Gasteiger partial charge on any atom is 0.412 e. The molecule has 7 heteroatoms. The van der Waals surface area contributed by atoms with Crippen molar-refractivity contribution in [1.29, 1.82) is 0 Å². The molecule has 0 saturated heterocycles. The van der Waals surface area contributed by atoms with Crippen molar-refractivity contribution in [1.82, 2.24) is 0 Å². The molecule has 3 rings (SSSR count). The Kier molecular flexibility index (Phi) is 4.53. The number of phenolic OH excluding ortho intramolecular Hbond substituents is 1. The van der Waals surface area contributed by atoms with Crippen LogP contribution in [0.5, 0.6) is 11.5 Å². The summed E-state index contributed by atoms with van der Waals surface area (Å²) in [6, 6.07) is 11.1. The molecule has 1 heterocycles. The molecule has 1 amide bonds. The molecule has 0 fully saturated rings. The summed E-state index contributed by atoms with van der Waals surface area (Å²) >= 11 is 0. The lowest BCUT2D eigenvalue weighted by atomic mass is 10.1. The Morgan fingerprint density at radius 2 is 1.81 bits per heavy atom. The average molecular weight is 355 g/mol. The minimum Gasteiger partial charge on any atom is -0.508 e. The Hall–Kier alpha value is -3.48. The third-order valence-electron chi connectivity index (χ3n) is 3.56. The number of benzene rings is 2. The summed E-state index contributed by atoms with van der Waals surface area (Å²) in [6.45, 7) is 3.76. The molecule has 0 bridgehead atoms. The fraction of sp³-hybridized carbons (Fsp3) is 0.158. The van der Waals surface area contributed by atoms with E-state index in [2.05, 4.69) is 4.74 Å². The number of fused-ring (bicyclic) bond motifs is 1. The molecule has 134 valence electrons. The highest BCUT2D eigenvalue weighted by atomic mass is 16.6. The predicted molar refractivity (Wildman–Crippen MR) is 94.1 cm³/mol. The van der Waals surface area contributed by atoms with Gasteiger partial charge in [0, 0.05) is 10.9 Å². The molecule has 0 saturated carbocycles. The van der Waals surface area contributed by atoms with Gasteiger partial charge in [-0.3, -0.25) is 0 Å². The van der Waals surface area contributed by atoms with Gasteiger partial charge in [0.05, 0.1) is 6.10 Å². The standard InChI is InChI=1S/C19H17NO6/c1-10(2)24-13-7-8-15-14(9-13)16(18(22)26-19(20)23)17(25-15)11-3-5-12(21)6-4-11/h3-10,21H,1-2H3,(H2,20,23). The molecule has 0 radical (unpaired) electrons. The number of aromatic hydroxyl groups is 1. The summed E-state index contributed by atoms with van der Waals surface area (Å²) in [7, 11) is 0. The molecule has 7 nitrogen and oxygen atoms in total. The summed E-state index contributed by atoms with van der Waals surface area (Å²) in [5, 5.41) is 9.89. The number of carbonyl (C=O) groups excluding carboxylic acids is 2. The molecule has 0 aliphatic carbocycles. The number of furan rings is 1. The Labute approximate surface area is 148 Å². The molecule has 0 unspecified atom stereocenters. The van der Waals surface area contributed by atoms with E-state index >= 15 is 0 Å². The van der Waals surface area contributed by atoms with Gasteiger partial charge in [-0.2, -0.15) is 0 Å². The highest BCUT2D eigenvalue weighted by molar-refractivity contribution is 6.11. The second-order valence-electron chi connectivity index (χ2n) is 5.89. The first-order valence-electron chi connectivity index (χ1n) is 7.89. The van der Waals surface area contributed by atoms with E-state index in [1.54, 1.807) is 30.3 Å². The minimum absolute atomic E-state index is 0.0543. The van der Waals surface area contributed by atoms with Crippen LogP contribution >= 0.6 is 0 Å². The first-order chi connectivity index (χ1) is 12.3. The van der Waals surface area contributed by atoms with E-state index in [1.807, 2.05) is 13.8 Å². The van der Waals surface area contributed by atoms with Crippen LogP contribution in [0.1, 0.15) is 24.2 Å². The van der Waals surface area contributed by atoms with E-state index in [0.717, 1.165) is 0 Å². The van der Waals surface area contributed by atoms with Crippen molar-refractivity contribution in [2.24, 2.45) is 5.73 Å². The number of amides is 1. The van der Waals surface area contributed by atoms with E-state index in [0.29, 0.717) is 22.3 Å². The number of hydrogen-bond donors (Lipinski definition) is 2. The quantitative estimate of drug-likeness (QED) is 0.543. The number of primary amides is 1. The molecule has 2 aromatic carbocycles. The van der Waals surface area contributed by atoms with Crippen molar-refractivity contribution in [2.75, 3.05) is 0 Å². The van der Waals surface area contributed by atoms with Crippen molar-refractivity contribution in [3.63, 3.8) is 0 Å². The molecule has 0 aliphatic heterocycles. The van der Waals surface area contributed by atoms with Gasteiger partial charge in [-0.15, -0.1) is 0 Å². The van der Waals surface area contributed by atoms with Crippen molar-refractivity contribution in [3.8, 4) is 22.8 Å². The van der Waals surface area contributed by atoms with Crippen LogP contribution in [0.4, 0.5) is 4.79 Å². The maximum absolute atomic E-state index is 12.5. The van der Waals surface area contributed by atoms with Crippen molar-refractivity contribution in [3.05, 3.63) is 48.0 Å². The molecule has 0 atom stereocenters. The van der Waals surface area contributed by atoms with E-state index < -0.39 is 12.1 Å². The fourth-order valence-corrected chi connectivity index (χ4v) is 2.58. The van der Waals surface area contributed by atoms with Crippen LogP contribution in [0.3, 0.4) is 0 Å². The molecular weight excluding hydrogens is 338 g/mol. The number of hydrogen-bond acceptors (Lipinski definition) is 6. The first kappa shape index (κ1) is 17.3. The molecule has 3 N–H and O–H groups in total. The van der Waals surface area contributed by atoms with Crippen molar-refractivity contribution >= 4 is 23.0 Å². The number of carbonyl (C=O) groups is 2. The summed E-state index contributed by atoms with van der Waals surface area (Å²) in [4.78, 5) is 23.5. The zero-order valence-corrected chi connectivity index (χ0v) is 14.2. The highest BCUT2D eigenvalue weighted by Crippen LogP contribution is 2.36. The number of ether oxygens (including phenoxy) is 2. The van der Waals surface area contributed by atoms with Crippen LogP contribution in [0.25, 0.3) is 22.3 Å². The Balaban J connectivity index is 2.20. The van der Waals surface area contributed by atoms with Gasteiger partial charge in [0.15, 0.2) is 0 Å². The number of rotatable bonds is 4. The van der Waals surface area contributed by atoms with Gasteiger partial charge in [-0.25, -0.2) is 9.59 Å². The number of phenols is 1. The SMILES string of the molecule is CC(C)Oc1ccc2oc(-c3ccc(O)cc3)c(C(=O)OC(N)=O)c2c1. The highest BCUT2D eigenvalue weighted by Gasteiger charge is 2.25. The normalized spacial score (nSPS) is 10.9. The van der Waals surface area contributed by atoms with Gasteiger partial charge in [0.2, 0.25) is 0 Å². The summed E-state index contributed by atoms with van der Waals surface area (Å²) in [5.74, 6) is -0.119. The van der Waals surface area contributed by atoms with Crippen LogP contribution < -0.4 is 10.5 Å². The zero-order valence-electron chi connectivity index (χ0n) is 14.2. The molecule has 0 aliphatic rings.